The molecule has 24 heavy (non-hydrogen) atoms. The Labute approximate surface area is 143 Å². The van der Waals surface area contributed by atoms with Crippen LogP contribution in [0.1, 0.15) is 35.5 Å². The van der Waals surface area contributed by atoms with Crippen molar-refractivity contribution in [3.8, 4) is 0 Å². The summed E-state index contributed by atoms with van der Waals surface area (Å²) in [5.41, 5.74) is -0.985. The molecule has 6 nitrogen and oxygen atoms in total. The molecule has 0 aliphatic carbocycles. The highest BCUT2D eigenvalue weighted by Gasteiger charge is 2.28. The van der Waals surface area contributed by atoms with Crippen molar-refractivity contribution in [2.24, 2.45) is 11.8 Å². The lowest BCUT2D eigenvalue weighted by Crippen LogP contribution is -2.46. The molecule has 0 bridgehead atoms. The van der Waals surface area contributed by atoms with Crippen molar-refractivity contribution in [3.05, 3.63) is 55.0 Å². The second-order valence-electron chi connectivity index (χ2n) is 6.63. The highest BCUT2D eigenvalue weighted by atomic mass is 32.1. The summed E-state index contributed by atoms with van der Waals surface area (Å²) < 4.78 is 1.09. The minimum absolute atomic E-state index is 0.0347. The fourth-order valence-corrected chi connectivity index (χ4v) is 4.06. The van der Waals surface area contributed by atoms with Gasteiger partial charge in [0.25, 0.3) is 11.5 Å². The molecule has 0 spiro atoms. The van der Waals surface area contributed by atoms with E-state index in [2.05, 4.69) is 18.8 Å². The number of hydrogen-bond donors (Lipinski definition) is 1. The van der Waals surface area contributed by atoms with Gasteiger partial charge in [-0.2, -0.15) is 0 Å². The number of H-pyrrole nitrogens is 1. The number of carbonyl (C=O) groups is 1. The van der Waals surface area contributed by atoms with E-state index in [-0.39, 0.29) is 18.0 Å². The Morgan fingerprint density at radius 3 is 2.62 bits per heavy atom. The number of hydrogen-bond acceptors (Lipinski definition) is 4. The monoisotopic (exact) mass is 347 g/mol. The van der Waals surface area contributed by atoms with Gasteiger partial charge in [0, 0.05) is 24.2 Å². The number of nitrogens with one attached hydrogen (secondary N) is 1. The van der Waals surface area contributed by atoms with Crippen molar-refractivity contribution in [2.75, 3.05) is 13.1 Å². The largest absolute Gasteiger partial charge is 0.338 e. The number of aromatic amines is 1. The van der Waals surface area contributed by atoms with Crippen molar-refractivity contribution < 1.29 is 4.79 Å². The first-order chi connectivity index (χ1) is 11.5. The van der Waals surface area contributed by atoms with Gasteiger partial charge in [-0.1, -0.05) is 19.9 Å². The quantitative estimate of drug-likeness (QED) is 0.919. The molecule has 3 rings (SSSR count). The molecule has 0 radical (unpaired) electrons. The lowest BCUT2D eigenvalue weighted by Gasteiger charge is -2.34. The lowest BCUT2D eigenvalue weighted by atomic mass is 9.91. The van der Waals surface area contributed by atoms with Gasteiger partial charge in [0.15, 0.2) is 0 Å². The normalized spacial score (nSPS) is 21.0. The van der Waals surface area contributed by atoms with E-state index < -0.39 is 11.2 Å². The van der Waals surface area contributed by atoms with Crippen LogP contribution in [0.4, 0.5) is 0 Å². The standard InChI is InChI=1S/C17H21N3O3S/c1-11-6-12(2)9-19(8-11)15(21)14-7-18-17(23)20(16(14)22)10-13-4-3-5-24-13/h3-5,7,11-12H,6,8-10H2,1-2H3,(H,18,23). The van der Waals surface area contributed by atoms with Crippen LogP contribution in [0.25, 0.3) is 0 Å². The minimum Gasteiger partial charge on any atom is -0.338 e. The molecule has 7 heteroatoms. The minimum atomic E-state index is -0.525. The zero-order valence-electron chi connectivity index (χ0n) is 13.8. The predicted octanol–water partition coefficient (Wildman–Crippen LogP) is 1.76. The average Bonchev–Trinajstić information content (AvgIpc) is 3.03. The first-order valence-electron chi connectivity index (χ1n) is 8.10. The van der Waals surface area contributed by atoms with Gasteiger partial charge in [0.05, 0.1) is 6.54 Å². The molecule has 1 fully saturated rings. The average molecular weight is 347 g/mol. The second kappa shape index (κ2) is 6.76. The summed E-state index contributed by atoms with van der Waals surface area (Å²) in [7, 11) is 0. The predicted molar refractivity (Wildman–Crippen MR) is 93.6 cm³/mol. The molecule has 0 saturated carbocycles. The van der Waals surface area contributed by atoms with E-state index in [4.69, 9.17) is 0 Å². The Kier molecular flexibility index (Phi) is 4.71. The molecule has 1 amide bonds. The van der Waals surface area contributed by atoms with Crippen LogP contribution in [-0.4, -0.2) is 33.4 Å². The highest BCUT2D eigenvalue weighted by molar-refractivity contribution is 7.09. The van der Waals surface area contributed by atoms with E-state index in [0.717, 1.165) is 15.9 Å². The number of rotatable bonds is 3. The number of amides is 1. The molecule has 128 valence electrons. The first kappa shape index (κ1) is 16.7. The molecule has 2 atom stereocenters. The summed E-state index contributed by atoms with van der Waals surface area (Å²) >= 11 is 1.47. The fourth-order valence-electron chi connectivity index (χ4n) is 3.37. The number of carbonyl (C=O) groups excluding carboxylic acids is 1. The van der Waals surface area contributed by atoms with E-state index in [0.29, 0.717) is 24.9 Å². The Balaban J connectivity index is 1.92. The van der Waals surface area contributed by atoms with Gasteiger partial charge < -0.3 is 9.88 Å². The topological polar surface area (TPSA) is 75.2 Å². The number of piperidine rings is 1. The molecule has 1 aliphatic rings. The van der Waals surface area contributed by atoms with E-state index in [1.165, 1.54) is 17.5 Å². The van der Waals surface area contributed by atoms with Gasteiger partial charge >= 0.3 is 5.69 Å². The number of nitrogens with zero attached hydrogens (tertiary/aromatic N) is 2. The highest BCUT2D eigenvalue weighted by Crippen LogP contribution is 2.21. The molecule has 2 aromatic rings. The smallest absolute Gasteiger partial charge is 0.328 e. The first-order valence-corrected chi connectivity index (χ1v) is 8.98. The summed E-state index contributed by atoms with van der Waals surface area (Å²) in [5, 5.41) is 1.89. The van der Waals surface area contributed by atoms with Gasteiger partial charge in [0.1, 0.15) is 5.56 Å². The van der Waals surface area contributed by atoms with Crippen LogP contribution in [0.15, 0.2) is 33.3 Å². The maximum Gasteiger partial charge on any atom is 0.328 e. The third-order valence-corrected chi connectivity index (χ3v) is 5.20. The summed E-state index contributed by atoms with van der Waals surface area (Å²) in [6, 6.07) is 3.73. The molecule has 2 aromatic heterocycles. The van der Waals surface area contributed by atoms with Crippen LogP contribution in [0, 0.1) is 11.8 Å². The molecule has 1 N–H and O–H groups in total. The molecule has 3 heterocycles. The Morgan fingerprint density at radius 2 is 2.00 bits per heavy atom. The fraction of sp³-hybridized carbons (Fsp3) is 0.471. The van der Waals surface area contributed by atoms with E-state index >= 15 is 0 Å². The summed E-state index contributed by atoms with van der Waals surface area (Å²) in [6.07, 6.45) is 2.33. The second-order valence-corrected chi connectivity index (χ2v) is 7.67. The van der Waals surface area contributed by atoms with Gasteiger partial charge in [-0.15, -0.1) is 11.3 Å². The van der Waals surface area contributed by atoms with Crippen LogP contribution in [0.5, 0.6) is 0 Å². The molecular formula is C17H21N3O3S. The molecule has 0 aromatic carbocycles. The maximum atomic E-state index is 12.8. The SMILES string of the molecule is CC1CC(C)CN(C(=O)c2c[nH]c(=O)n(Cc3cccs3)c2=O)C1. The van der Waals surface area contributed by atoms with Gasteiger partial charge in [-0.3, -0.25) is 14.2 Å². The van der Waals surface area contributed by atoms with Crippen LogP contribution in [-0.2, 0) is 6.54 Å². The number of likely N-dealkylation sites (tertiary alicyclic amines) is 1. The van der Waals surface area contributed by atoms with Crippen molar-refractivity contribution in [1.82, 2.24) is 14.5 Å². The summed E-state index contributed by atoms with van der Waals surface area (Å²) in [6.45, 7) is 5.69. The van der Waals surface area contributed by atoms with Crippen molar-refractivity contribution in [3.63, 3.8) is 0 Å². The van der Waals surface area contributed by atoms with E-state index in [1.54, 1.807) is 4.90 Å². The van der Waals surface area contributed by atoms with Crippen molar-refractivity contribution in [1.29, 1.82) is 0 Å². The third kappa shape index (κ3) is 3.36. The summed E-state index contributed by atoms with van der Waals surface area (Å²) in [5.74, 6) is 0.525. The maximum absolute atomic E-state index is 12.8. The third-order valence-electron chi connectivity index (χ3n) is 4.34. The molecule has 1 aliphatic heterocycles. The van der Waals surface area contributed by atoms with Crippen LogP contribution < -0.4 is 11.2 Å². The summed E-state index contributed by atoms with van der Waals surface area (Å²) in [4.78, 5) is 42.6. The lowest BCUT2D eigenvalue weighted by molar-refractivity contribution is 0.0620. The van der Waals surface area contributed by atoms with Crippen LogP contribution >= 0.6 is 11.3 Å². The Bertz CT molecular complexity index is 828. The van der Waals surface area contributed by atoms with Crippen molar-refractivity contribution in [2.45, 2.75) is 26.8 Å². The molecular weight excluding hydrogens is 326 g/mol. The number of thiophene rings is 1. The molecule has 2 unspecified atom stereocenters. The van der Waals surface area contributed by atoms with Crippen LogP contribution in [0.3, 0.4) is 0 Å². The Hall–Kier alpha value is -2.15. The van der Waals surface area contributed by atoms with Crippen molar-refractivity contribution >= 4 is 17.2 Å². The zero-order valence-corrected chi connectivity index (χ0v) is 14.6. The number of aromatic nitrogens is 2. The van der Waals surface area contributed by atoms with Gasteiger partial charge in [-0.05, 0) is 29.7 Å². The van der Waals surface area contributed by atoms with E-state index in [9.17, 15) is 14.4 Å². The van der Waals surface area contributed by atoms with E-state index in [1.807, 2.05) is 17.5 Å². The van der Waals surface area contributed by atoms with Crippen LogP contribution in [0.2, 0.25) is 0 Å². The Morgan fingerprint density at radius 1 is 1.29 bits per heavy atom. The van der Waals surface area contributed by atoms with Gasteiger partial charge in [0.2, 0.25) is 0 Å². The zero-order chi connectivity index (χ0) is 17.3. The molecule has 1 saturated heterocycles. The van der Waals surface area contributed by atoms with Gasteiger partial charge in [-0.25, -0.2) is 4.79 Å².